The summed E-state index contributed by atoms with van der Waals surface area (Å²) in [6.07, 6.45) is 2.73. The first-order chi connectivity index (χ1) is 12.2. The molecule has 1 fully saturated rings. The Hall–Kier alpha value is -2.25. The van der Waals surface area contributed by atoms with Crippen molar-refractivity contribution >= 4 is 5.91 Å². The molecule has 3 rings (SSSR count). The average molecular weight is 344 g/mol. The molecular formula is C18H24N4O3. The van der Waals surface area contributed by atoms with Crippen molar-refractivity contribution in [2.75, 3.05) is 13.7 Å². The zero-order valence-corrected chi connectivity index (χ0v) is 14.4. The van der Waals surface area contributed by atoms with Gasteiger partial charge in [-0.2, -0.15) is 4.98 Å². The van der Waals surface area contributed by atoms with Crippen molar-refractivity contribution in [1.82, 2.24) is 15.5 Å². The summed E-state index contributed by atoms with van der Waals surface area (Å²) >= 11 is 0. The lowest BCUT2D eigenvalue weighted by atomic mass is 9.83. The molecule has 25 heavy (non-hydrogen) atoms. The standard InChI is InChI=1S/C18H24N4O3/c1-24-15-11-13(7-8-14(15)19)18(23)20-10-9-16-21-17(22-25-16)12-5-3-2-4-6-12/h2-6,13-15H,7-11,19H2,1H3,(H,20,23)/t13-,14-,15-/m0/s1. The summed E-state index contributed by atoms with van der Waals surface area (Å²) in [5.74, 6) is 1.06. The number of carbonyl (C=O) groups is 1. The largest absolute Gasteiger partial charge is 0.380 e. The third-order valence-electron chi connectivity index (χ3n) is 4.65. The van der Waals surface area contributed by atoms with Gasteiger partial charge in [0.15, 0.2) is 0 Å². The SMILES string of the molecule is CO[C@H]1C[C@@H](C(=O)NCCc2nc(-c3ccccc3)no2)CC[C@@H]1N. The first-order valence-corrected chi connectivity index (χ1v) is 8.61. The van der Waals surface area contributed by atoms with Crippen molar-refractivity contribution in [3.05, 3.63) is 36.2 Å². The van der Waals surface area contributed by atoms with Gasteiger partial charge in [0.05, 0.1) is 6.10 Å². The van der Waals surface area contributed by atoms with Crippen LogP contribution in [0.15, 0.2) is 34.9 Å². The van der Waals surface area contributed by atoms with Crippen LogP contribution in [-0.2, 0) is 16.0 Å². The van der Waals surface area contributed by atoms with Gasteiger partial charge in [-0.25, -0.2) is 0 Å². The molecule has 1 aliphatic rings. The van der Waals surface area contributed by atoms with E-state index in [1.807, 2.05) is 30.3 Å². The molecule has 7 heteroatoms. The van der Waals surface area contributed by atoms with E-state index in [1.54, 1.807) is 7.11 Å². The van der Waals surface area contributed by atoms with E-state index in [4.69, 9.17) is 15.0 Å². The van der Waals surface area contributed by atoms with Crippen LogP contribution in [0, 0.1) is 5.92 Å². The van der Waals surface area contributed by atoms with E-state index < -0.39 is 0 Å². The Kier molecular flexibility index (Phi) is 5.78. The van der Waals surface area contributed by atoms with Gasteiger partial charge in [-0.3, -0.25) is 4.79 Å². The molecule has 0 saturated heterocycles. The smallest absolute Gasteiger partial charge is 0.228 e. The van der Waals surface area contributed by atoms with E-state index >= 15 is 0 Å². The molecule has 7 nitrogen and oxygen atoms in total. The Balaban J connectivity index is 1.47. The maximum atomic E-state index is 12.3. The quantitative estimate of drug-likeness (QED) is 0.824. The Labute approximate surface area is 146 Å². The Morgan fingerprint density at radius 3 is 2.92 bits per heavy atom. The lowest BCUT2D eigenvalue weighted by Crippen LogP contribution is -2.45. The lowest BCUT2D eigenvalue weighted by molar-refractivity contribution is -0.127. The summed E-state index contributed by atoms with van der Waals surface area (Å²) in [5.41, 5.74) is 6.90. The predicted octanol–water partition coefficient (Wildman–Crippen LogP) is 1.54. The lowest BCUT2D eigenvalue weighted by Gasteiger charge is -2.32. The highest BCUT2D eigenvalue weighted by atomic mass is 16.5. The number of ether oxygens (including phenoxy) is 1. The molecule has 1 aromatic heterocycles. The van der Waals surface area contributed by atoms with Gasteiger partial charge in [0.2, 0.25) is 17.6 Å². The van der Waals surface area contributed by atoms with Crippen molar-refractivity contribution in [3.63, 3.8) is 0 Å². The van der Waals surface area contributed by atoms with Crippen LogP contribution in [-0.4, -0.2) is 41.8 Å². The van der Waals surface area contributed by atoms with Gasteiger partial charge in [-0.15, -0.1) is 0 Å². The molecule has 0 spiro atoms. The minimum absolute atomic E-state index is 0.0175. The minimum atomic E-state index is -0.0488. The van der Waals surface area contributed by atoms with Crippen molar-refractivity contribution in [3.8, 4) is 11.4 Å². The number of nitrogens with one attached hydrogen (secondary N) is 1. The fourth-order valence-electron chi connectivity index (χ4n) is 3.16. The third kappa shape index (κ3) is 4.43. The van der Waals surface area contributed by atoms with Gasteiger partial charge >= 0.3 is 0 Å². The fraction of sp³-hybridized carbons (Fsp3) is 0.500. The van der Waals surface area contributed by atoms with Crippen molar-refractivity contribution < 1.29 is 14.1 Å². The molecule has 0 radical (unpaired) electrons. The van der Waals surface area contributed by atoms with Gasteiger partial charge in [0.1, 0.15) is 0 Å². The number of amides is 1. The molecule has 1 aromatic carbocycles. The maximum Gasteiger partial charge on any atom is 0.228 e. The number of carbonyl (C=O) groups excluding carboxylic acids is 1. The molecule has 1 amide bonds. The summed E-state index contributed by atoms with van der Waals surface area (Å²) in [6.45, 7) is 0.468. The van der Waals surface area contributed by atoms with Gasteiger partial charge < -0.3 is 20.3 Å². The molecule has 3 atom stereocenters. The second-order valence-electron chi connectivity index (χ2n) is 6.37. The first-order valence-electron chi connectivity index (χ1n) is 8.61. The molecular weight excluding hydrogens is 320 g/mol. The van der Waals surface area contributed by atoms with Crippen LogP contribution in [0.3, 0.4) is 0 Å². The number of nitrogens with zero attached hydrogens (tertiary/aromatic N) is 2. The van der Waals surface area contributed by atoms with Crippen LogP contribution >= 0.6 is 0 Å². The van der Waals surface area contributed by atoms with E-state index in [2.05, 4.69) is 15.5 Å². The van der Waals surface area contributed by atoms with Crippen LogP contribution < -0.4 is 11.1 Å². The van der Waals surface area contributed by atoms with Crippen LogP contribution in [0.4, 0.5) is 0 Å². The van der Waals surface area contributed by atoms with Gasteiger partial charge in [0.25, 0.3) is 0 Å². The zero-order chi connectivity index (χ0) is 17.6. The monoisotopic (exact) mass is 344 g/mol. The van der Waals surface area contributed by atoms with Gasteiger partial charge in [0, 0.05) is 37.6 Å². The number of rotatable bonds is 6. The minimum Gasteiger partial charge on any atom is -0.380 e. The second kappa shape index (κ2) is 8.22. The summed E-state index contributed by atoms with van der Waals surface area (Å²) in [5, 5.41) is 6.92. The summed E-state index contributed by atoms with van der Waals surface area (Å²) < 4.78 is 10.6. The van der Waals surface area contributed by atoms with Crippen molar-refractivity contribution in [2.45, 2.75) is 37.8 Å². The highest BCUT2D eigenvalue weighted by molar-refractivity contribution is 5.78. The molecule has 0 unspecified atom stereocenters. The van der Waals surface area contributed by atoms with Gasteiger partial charge in [-0.1, -0.05) is 35.5 Å². The molecule has 0 bridgehead atoms. The average Bonchev–Trinajstić information content (AvgIpc) is 3.11. The molecule has 0 aliphatic heterocycles. The van der Waals surface area contributed by atoms with E-state index in [9.17, 15) is 4.79 Å². The number of aromatic nitrogens is 2. The van der Waals surface area contributed by atoms with Crippen LogP contribution in [0.1, 0.15) is 25.2 Å². The Morgan fingerprint density at radius 2 is 2.16 bits per heavy atom. The molecule has 2 aromatic rings. The highest BCUT2D eigenvalue weighted by Crippen LogP contribution is 2.25. The molecule has 1 aliphatic carbocycles. The predicted molar refractivity (Wildman–Crippen MR) is 92.6 cm³/mol. The number of hydrogen-bond acceptors (Lipinski definition) is 6. The number of hydrogen-bond donors (Lipinski definition) is 2. The van der Waals surface area contributed by atoms with E-state index in [-0.39, 0.29) is 24.0 Å². The van der Waals surface area contributed by atoms with Crippen molar-refractivity contribution in [1.29, 1.82) is 0 Å². The van der Waals surface area contributed by atoms with Crippen molar-refractivity contribution in [2.24, 2.45) is 11.7 Å². The molecule has 1 saturated carbocycles. The summed E-state index contributed by atoms with van der Waals surface area (Å²) in [6, 6.07) is 9.66. The summed E-state index contributed by atoms with van der Waals surface area (Å²) in [7, 11) is 1.64. The fourth-order valence-corrected chi connectivity index (χ4v) is 3.16. The normalized spacial score (nSPS) is 23.4. The topological polar surface area (TPSA) is 103 Å². The first kappa shape index (κ1) is 17.6. The van der Waals surface area contributed by atoms with Crippen LogP contribution in [0.5, 0.6) is 0 Å². The number of nitrogens with two attached hydrogens (primary N) is 1. The maximum absolute atomic E-state index is 12.3. The number of benzene rings is 1. The third-order valence-corrected chi connectivity index (χ3v) is 4.65. The van der Waals surface area contributed by atoms with E-state index in [1.165, 1.54) is 0 Å². The van der Waals surface area contributed by atoms with E-state index in [0.29, 0.717) is 31.1 Å². The van der Waals surface area contributed by atoms with Crippen LogP contribution in [0.2, 0.25) is 0 Å². The Morgan fingerprint density at radius 1 is 1.36 bits per heavy atom. The number of methoxy groups -OCH3 is 1. The van der Waals surface area contributed by atoms with E-state index in [0.717, 1.165) is 18.4 Å². The Bertz CT molecular complexity index is 689. The second-order valence-corrected chi connectivity index (χ2v) is 6.37. The molecule has 1 heterocycles. The van der Waals surface area contributed by atoms with Gasteiger partial charge in [-0.05, 0) is 19.3 Å². The molecule has 3 N–H and O–H groups in total. The highest BCUT2D eigenvalue weighted by Gasteiger charge is 2.31. The van der Waals surface area contributed by atoms with Crippen LogP contribution in [0.25, 0.3) is 11.4 Å². The summed E-state index contributed by atoms with van der Waals surface area (Å²) in [4.78, 5) is 16.7. The molecule has 134 valence electrons. The zero-order valence-electron chi connectivity index (χ0n) is 14.4.